The number of fused-ring (bicyclic) bond motifs is 1. The molecule has 0 aromatic heterocycles. The number of halogens is 1. The maximum atomic E-state index is 12.5. The molecule has 4 nitrogen and oxygen atoms in total. The zero-order valence-corrected chi connectivity index (χ0v) is 15.4. The summed E-state index contributed by atoms with van der Waals surface area (Å²) in [6, 6.07) is 15.6. The summed E-state index contributed by atoms with van der Waals surface area (Å²) in [4.78, 5) is 12.5. The predicted molar refractivity (Wildman–Crippen MR) is 103 cm³/mol. The van der Waals surface area contributed by atoms with Gasteiger partial charge in [-0.15, -0.1) is 12.4 Å². The molecular formula is C20H25ClN2O2. The largest absolute Gasteiger partial charge is 0.493 e. The number of carbonyl (C=O) groups is 1. The van der Waals surface area contributed by atoms with Crippen molar-refractivity contribution in [3.05, 3.63) is 59.7 Å². The van der Waals surface area contributed by atoms with Gasteiger partial charge in [0, 0.05) is 18.3 Å². The molecule has 1 amide bonds. The summed E-state index contributed by atoms with van der Waals surface area (Å²) in [6.07, 6.45) is 0.714. The Hall–Kier alpha value is -2.04. The fourth-order valence-corrected chi connectivity index (χ4v) is 2.80. The lowest BCUT2D eigenvalue weighted by Gasteiger charge is -2.25. The van der Waals surface area contributed by atoms with E-state index in [4.69, 9.17) is 4.74 Å². The van der Waals surface area contributed by atoms with E-state index in [1.165, 1.54) is 11.1 Å². The van der Waals surface area contributed by atoms with E-state index in [0.717, 1.165) is 18.0 Å². The third-order valence-corrected chi connectivity index (χ3v) is 4.08. The Balaban J connectivity index is 0.00000225. The molecule has 0 aliphatic carbocycles. The first kappa shape index (κ1) is 19.3. The van der Waals surface area contributed by atoms with Gasteiger partial charge >= 0.3 is 0 Å². The molecule has 1 heterocycles. The molecule has 25 heavy (non-hydrogen) atoms. The Morgan fingerprint density at radius 3 is 2.72 bits per heavy atom. The summed E-state index contributed by atoms with van der Waals surface area (Å²) in [5, 5.41) is 6.30. The molecule has 0 bridgehead atoms. The lowest BCUT2D eigenvalue weighted by Crippen LogP contribution is -2.44. The van der Waals surface area contributed by atoms with E-state index in [9.17, 15) is 4.79 Å². The quantitative estimate of drug-likeness (QED) is 0.852. The van der Waals surface area contributed by atoms with Gasteiger partial charge in [0.1, 0.15) is 5.75 Å². The first-order chi connectivity index (χ1) is 11.6. The Kier molecular flexibility index (Phi) is 6.85. The molecule has 1 unspecified atom stereocenters. The minimum absolute atomic E-state index is 0. The van der Waals surface area contributed by atoms with Gasteiger partial charge < -0.3 is 15.4 Å². The van der Waals surface area contributed by atoms with Crippen molar-refractivity contribution in [3.8, 4) is 5.75 Å². The zero-order valence-electron chi connectivity index (χ0n) is 14.6. The third-order valence-electron chi connectivity index (χ3n) is 4.08. The van der Waals surface area contributed by atoms with Crippen molar-refractivity contribution in [3.63, 3.8) is 0 Å². The topological polar surface area (TPSA) is 50.4 Å². The first-order valence-corrected chi connectivity index (χ1v) is 8.45. The second kappa shape index (κ2) is 8.88. The number of benzene rings is 2. The molecule has 0 saturated carbocycles. The molecule has 3 rings (SSSR count). The molecule has 0 radical (unpaired) electrons. The normalized spacial score (nSPS) is 15.9. The van der Waals surface area contributed by atoms with E-state index in [-0.39, 0.29) is 24.4 Å². The summed E-state index contributed by atoms with van der Waals surface area (Å²) >= 11 is 0. The van der Waals surface area contributed by atoms with Crippen LogP contribution >= 0.6 is 12.4 Å². The van der Waals surface area contributed by atoms with Gasteiger partial charge in [-0.3, -0.25) is 4.79 Å². The lowest BCUT2D eigenvalue weighted by atomic mass is 9.95. The SMILES string of the molecule is CC(C)COc1cccc(NC(=O)C2Cc3ccccc3CN2)c1.Cl. The number of rotatable bonds is 5. The summed E-state index contributed by atoms with van der Waals surface area (Å²) in [6.45, 7) is 5.61. The maximum Gasteiger partial charge on any atom is 0.241 e. The Labute approximate surface area is 155 Å². The minimum Gasteiger partial charge on any atom is -0.493 e. The van der Waals surface area contributed by atoms with E-state index in [2.05, 4.69) is 36.6 Å². The molecule has 1 aliphatic rings. The van der Waals surface area contributed by atoms with E-state index >= 15 is 0 Å². The molecule has 2 N–H and O–H groups in total. The van der Waals surface area contributed by atoms with Crippen LogP contribution < -0.4 is 15.4 Å². The molecule has 134 valence electrons. The van der Waals surface area contributed by atoms with Gasteiger partial charge in [-0.25, -0.2) is 0 Å². The van der Waals surface area contributed by atoms with Crippen molar-refractivity contribution in [1.29, 1.82) is 0 Å². The van der Waals surface area contributed by atoms with Crippen LogP contribution in [0.5, 0.6) is 5.75 Å². The Bertz CT molecular complexity index is 718. The fraction of sp³-hybridized carbons (Fsp3) is 0.350. The van der Waals surface area contributed by atoms with Crippen molar-refractivity contribution >= 4 is 24.0 Å². The Morgan fingerprint density at radius 1 is 1.20 bits per heavy atom. The molecule has 0 saturated heterocycles. The number of ether oxygens (including phenoxy) is 1. The van der Waals surface area contributed by atoms with Crippen LogP contribution in [0.1, 0.15) is 25.0 Å². The summed E-state index contributed by atoms with van der Waals surface area (Å²) in [7, 11) is 0. The molecule has 0 spiro atoms. The summed E-state index contributed by atoms with van der Waals surface area (Å²) in [5.41, 5.74) is 3.28. The number of hydrogen-bond donors (Lipinski definition) is 2. The second-order valence-corrected chi connectivity index (χ2v) is 6.63. The van der Waals surface area contributed by atoms with Gasteiger partial charge in [0.25, 0.3) is 0 Å². The van der Waals surface area contributed by atoms with Gasteiger partial charge in [0.05, 0.1) is 12.6 Å². The van der Waals surface area contributed by atoms with E-state index in [0.29, 0.717) is 18.9 Å². The molecular weight excluding hydrogens is 336 g/mol. The van der Waals surface area contributed by atoms with E-state index < -0.39 is 0 Å². The average molecular weight is 361 g/mol. The first-order valence-electron chi connectivity index (χ1n) is 8.45. The number of nitrogens with one attached hydrogen (secondary N) is 2. The van der Waals surface area contributed by atoms with Gasteiger partial charge in [-0.05, 0) is 35.6 Å². The van der Waals surface area contributed by atoms with Crippen LogP contribution in [0.15, 0.2) is 48.5 Å². The van der Waals surface area contributed by atoms with Crippen LogP contribution in [0.25, 0.3) is 0 Å². The Morgan fingerprint density at radius 2 is 1.96 bits per heavy atom. The van der Waals surface area contributed by atoms with Crippen LogP contribution in [0.2, 0.25) is 0 Å². The number of carbonyl (C=O) groups excluding carboxylic acids is 1. The van der Waals surface area contributed by atoms with Gasteiger partial charge in [-0.2, -0.15) is 0 Å². The van der Waals surface area contributed by atoms with Crippen molar-refractivity contribution < 1.29 is 9.53 Å². The van der Waals surface area contributed by atoms with Crippen molar-refractivity contribution in [2.75, 3.05) is 11.9 Å². The van der Waals surface area contributed by atoms with Crippen LogP contribution in [0.3, 0.4) is 0 Å². The fourth-order valence-electron chi connectivity index (χ4n) is 2.80. The second-order valence-electron chi connectivity index (χ2n) is 6.63. The molecule has 2 aromatic carbocycles. The molecule has 1 atom stereocenters. The lowest BCUT2D eigenvalue weighted by molar-refractivity contribution is -0.118. The monoisotopic (exact) mass is 360 g/mol. The smallest absolute Gasteiger partial charge is 0.241 e. The third kappa shape index (κ3) is 5.21. The zero-order chi connectivity index (χ0) is 16.9. The molecule has 5 heteroatoms. The average Bonchev–Trinajstić information content (AvgIpc) is 2.60. The van der Waals surface area contributed by atoms with Gasteiger partial charge in [0.15, 0.2) is 0 Å². The van der Waals surface area contributed by atoms with Crippen LogP contribution in [0.4, 0.5) is 5.69 Å². The highest BCUT2D eigenvalue weighted by Gasteiger charge is 2.23. The predicted octanol–water partition coefficient (Wildman–Crippen LogP) is 3.80. The summed E-state index contributed by atoms with van der Waals surface area (Å²) in [5.74, 6) is 1.24. The maximum absolute atomic E-state index is 12.5. The van der Waals surface area contributed by atoms with Gasteiger partial charge in [-0.1, -0.05) is 44.2 Å². The van der Waals surface area contributed by atoms with E-state index in [1.54, 1.807) is 0 Å². The minimum atomic E-state index is -0.208. The highest BCUT2D eigenvalue weighted by molar-refractivity contribution is 5.95. The van der Waals surface area contributed by atoms with E-state index in [1.807, 2.05) is 36.4 Å². The summed E-state index contributed by atoms with van der Waals surface area (Å²) < 4.78 is 5.71. The number of amides is 1. The van der Waals surface area contributed by atoms with Crippen LogP contribution in [-0.2, 0) is 17.8 Å². The molecule has 1 aliphatic heterocycles. The van der Waals surface area contributed by atoms with Crippen LogP contribution in [-0.4, -0.2) is 18.6 Å². The number of anilines is 1. The standard InChI is InChI=1S/C20H24N2O2.ClH/c1-14(2)13-24-18-9-5-8-17(11-18)22-20(23)19-10-15-6-3-4-7-16(15)12-21-19;/h3-9,11,14,19,21H,10,12-13H2,1-2H3,(H,22,23);1H. The van der Waals surface area contributed by atoms with Gasteiger partial charge in [0.2, 0.25) is 5.91 Å². The highest BCUT2D eigenvalue weighted by atomic mass is 35.5. The molecule has 2 aromatic rings. The van der Waals surface area contributed by atoms with Crippen molar-refractivity contribution in [2.24, 2.45) is 5.92 Å². The van der Waals surface area contributed by atoms with Crippen molar-refractivity contribution in [2.45, 2.75) is 32.9 Å². The molecule has 0 fully saturated rings. The van der Waals surface area contributed by atoms with Crippen LogP contribution in [0, 0.1) is 5.92 Å². The highest BCUT2D eigenvalue weighted by Crippen LogP contribution is 2.20. The van der Waals surface area contributed by atoms with Crippen molar-refractivity contribution in [1.82, 2.24) is 5.32 Å². The number of hydrogen-bond acceptors (Lipinski definition) is 3.